The first-order chi connectivity index (χ1) is 12.0. The van der Waals surface area contributed by atoms with Gasteiger partial charge in [0.25, 0.3) is 10.1 Å². The third-order valence-corrected chi connectivity index (χ3v) is 4.30. The molecule has 0 spiro atoms. The van der Waals surface area contributed by atoms with Crippen LogP contribution in [-0.4, -0.2) is 28.4 Å². The van der Waals surface area contributed by atoms with Crippen molar-refractivity contribution in [3.05, 3.63) is 71.9 Å². The number of nitrogens with one attached hydrogen (secondary N) is 1. The molecule has 0 bridgehead atoms. The fourth-order valence-electron chi connectivity index (χ4n) is 2.27. The van der Waals surface area contributed by atoms with Gasteiger partial charge in [-0.2, -0.15) is 8.42 Å². The Hall–Kier alpha value is -3.10. The number of benzene rings is 2. The van der Waals surface area contributed by atoms with Crippen molar-refractivity contribution in [1.29, 1.82) is 0 Å². The van der Waals surface area contributed by atoms with Crippen LogP contribution >= 0.6 is 0 Å². The third kappa shape index (κ3) is 4.25. The van der Waals surface area contributed by atoms with Crippen LogP contribution in [-0.2, 0) is 10.1 Å². The van der Waals surface area contributed by atoms with Crippen molar-refractivity contribution in [2.45, 2.75) is 4.90 Å². The largest absolute Gasteiger partial charge is 0.337 e. The maximum Gasteiger partial charge on any atom is 0.297 e. The summed E-state index contributed by atoms with van der Waals surface area (Å²) in [6.07, 6.45) is 4.81. The fourth-order valence-corrected chi connectivity index (χ4v) is 3.10. The number of anilines is 2. The van der Waals surface area contributed by atoms with Crippen molar-refractivity contribution in [2.75, 3.05) is 5.32 Å². The van der Waals surface area contributed by atoms with Crippen molar-refractivity contribution < 1.29 is 13.0 Å². The molecule has 3 aromatic rings. The molecule has 0 radical (unpaired) electrons. The van der Waals surface area contributed by atoms with E-state index < -0.39 is 10.1 Å². The van der Waals surface area contributed by atoms with E-state index in [0.717, 1.165) is 5.56 Å². The molecule has 0 atom stereocenters. The average molecular weight is 354 g/mol. The zero-order valence-corrected chi connectivity index (χ0v) is 13.8. The number of aromatic nitrogens is 3. The van der Waals surface area contributed by atoms with Crippen molar-refractivity contribution >= 4 is 33.8 Å². The van der Waals surface area contributed by atoms with E-state index in [-0.39, 0.29) is 10.6 Å². The minimum Gasteiger partial charge on any atom is -0.337 e. The average Bonchev–Trinajstić information content (AvgIpc) is 2.61. The van der Waals surface area contributed by atoms with Crippen LogP contribution in [0.2, 0.25) is 0 Å². The predicted octanol–water partition coefficient (Wildman–Crippen LogP) is 3.03. The van der Waals surface area contributed by atoms with Crippen LogP contribution in [0.5, 0.6) is 0 Å². The highest BCUT2D eigenvalue weighted by Crippen LogP contribution is 2.28. The molecule has 126 valence electrons. The minimum absolute atomic E-state index is 0.193. The highest BCUT2D eigenvalue weighted by Gasteiger charge is 2.19. The molecule has 0 amide bonds. The van der Waals surface area contributed by atoms with Gasteiger partial charge >= 0.3 is 0 Å². The van der Waals surface area contributed by atoms with E-state index in [1.807, 2.05) is 30.3 Å². The van der Waals surface area contributed by atoms with Gasteiger partial charge in [-0.3, -0.25) is 4.55 Å². The SMILES string of the molecule is O=S(=O)(O)c1c(C=Cc2ccccc2)cccc1Nc1ccnnn1. The highest BCUT2D eigenvalue weighted by molar-refractivity contribution is 7.86. The Balaban J connectivity index is 2.04. The van der Waals surface area contributed by atoms with E-state index in [2.05, 4.69) is 20.7 Å². The van der Waals surface area contributed by atoms with E-state index in [0.29, 0.717) is 11.4 Å². The molecule has 0 aliphatic heterocycles. The van der Waals surface area contributed by atoms with Crippen molar-refractivity contribution in [3.8, 4) is 0 Å². The van der Waals surface area contributed by atoms with Crippen molar-refractivity contribution in [2.24, 2.45) is 0 Å². The molecule has 25 heavy (non-hydrogen) atoms. The van der Waals surface area contributed by atoms with Crippen LogP contribution in [0, 0.1) is 0 Å². The molecule has 0 aliphatic carbocycles. The zero-order valence-electron chi connectivity index (χ0n) is 12.9. The summed E-state index contributed by atoms with van der Waals surface area (Å²) in [4.78, 5) is -0.235. The summed E-state index contributed by atoms with van der Waals surface area (Å²) < 4.78 is 33.5. The molecule has 0 unspecified atom stereocenters. The Labute approximate surface area is 144 Å². The molecule has 2 aromatic carbocycles. The van der Waals surface area contributed by atoms with Gasteiger partial charge in [0.05, 0.1) is 11.9 Å². The van der Waals surface area contributed by atoms with Gasteiger partial charge in [-0.05, 0) is 22.4 Å². The van der Waals surface area contributed by atoms with Crippen LogP contribution < -0.4 is 5.32 Å². The van der Waals surface area contributed by atoms with Crippen LogP contribution in [0.4, 0.5) is 11.5 Å². The molecule has 0 aliphatic rings. The lowest BCUT2D eigenvalue weighted by molar-refractivity contribution is 0.483. The first kappa shape index (κ1) is 16.7. The number of rotatable bonds is 5. The summed E-state index contributed by atoms with van der Waals surface area (Å²) in [5.74, 6) is 0.309. The smallest absolute Gasteiger partial charge is 0.297 e. The first-order valence-corrected chi connectivity index (χ1v) is 8.73. The van der Waals surface area contributed by atoms with Crippen molar-refractivity contribution in [1.82, 2.24) is 15.4 Å². The van der Waals surface area contributed by atoms with Gasteiger partial charge in [0, 0.05) is 6.07 Å². The Bertz CT molecular complexity index is 991. The van der Waals surface area contributed by atoms with Gasteiger partial charge in [-0.15, -0.1) is 10.2 Å². The van der Waals surface area contributed by atoms with Gasteiger partial charge in [0.2, 0.25) is 0 Å². The molecule has 0 saturated carbocycles. The Kier molecular flexibility index (Phi) is 4.82. The maximum atomic E-state index is 11.9. The van der Waals surface area contributed by atoms with Crippen LogP contribution in [0.3, 0.4) is 0 Å². The van der Waals surface area contributed by atoms with Crippen molar-refractivity contribution in [3.63, 3.8) is 0 Å². The summed E-state index contributed by atoms with van der Waals surface area (Å²) in [5, 5.41) is 13.6. The topological polar surface area (TPSA) is 105 Å². The summed E-state index contributed by atoms with van der Waals surface area (Å²) in [7, 11) is -4.47. The third-order valence-electron chi connectivity index (χ3n) is 3.32. The normalized spacial score (nSPS) is 11.6. The zero-order chi connectivity index (χ0) is 17.7. The standard InChI is InChI=1S/C17H14N4O3S/c22-25(23,24)17-14(10-9-13-5-2-1-3-6-13)7-4-8-15(17)19-16-11-12-18-21-20-16/h1-12H,(H,18,19,20)(H,22,23,24). The highest BCUT2D eigenvalue weighted by atomic mass is 32.2. The molecule has 1 heterocycles. The Morgan fingerprint density at radius 3 is 2.44 bits per heavy atom. The van der Waals surface area contributed by atoms with Crippen LogP contribution in [0.15, 0.2) is 65.7 Å². The lowest BCUT2D eigenvalue weighted by Gasteiger charge is -2.11. The van der Waals surface area contributed by atoms with Gasteiger partial charge in [-0.25, -0.2) is 0 Å². The molecule has 3 rings (SSSR count). The minimum atomic E-state index is -4.47. The predicted molar refractivity (Wildman–Crippen MR) is 94.7 cm³/mol. The summed E-state index contributed by atoms with van der Waals surface area (Å²) >= 11 is 0. The van der Waals surface area contributed by atoms with E-state index in [4.69, 9.17) is 0 Å². The molecule has 0 fully saturated rings. The monoisotopic (exact) mass is 354 g/mol. The molecule has 8 heteroatoms. The van der Waals surface area contributed by atoms with E-state index in [1.54, 1.807) is 24.3 Å². The second kappa shape index (κ2) is 7.20. The molecule has 2 N–H and O–H groups in total. The lowest BCUT2D eigenvalue weighted by atomic mass is 10.1. The quantitative estimate of drug-likeness (QED) is 0.536. The Morgan fingerprint density at radius 2 is 1.76 bits per heavy atom. The molecule has 0 saturated heterocycles. The molecule has 7 nitrogen and oxygen atoms in total. The van der Waals surface area contributed by atoms with Gasteiger partial charge in [0.1, 0.15) is 4.90 Å². The molecular formula is C17H14N4O3S. The fraction of sp³-hybridized carbons (Fsp3) is 0. The summed E-state index contributed by atoms with van der Waals surface area (Å²) in [6, 6.07) is 15.8. The molecule has 1 aromatic heterocycles. The molecular weight excluding hydrogens is 340 g/mol. The van der Waals surface area contributed by atoms with Gasteiger partial charge in [-0.1, -0.05) is 54.6 Å². The Morgan fingerprint density at radius 1 is 0.960 bits per heavy atom. The van der Waals surface area contributed by atoms with Gasteiger partial charge < -0.3 is 5.32 Å². The number of hydrogen-bond donors (Lipinski definition) is 2. The number of hydrogen-bond acceptors (Lipinski definition) is 6. The van der Waals surface area contributed by atoms with Gasteiger partial charge in [0.15, 0.2) is 5.82 Å². The second-order valence-corrected chi connectivity index (χ2v) is 6.43. The number of nitrogens with zero attached hydrogens (tertiary/aromatic N) is 3. The maximum absolute atomic E-state index is 11.9. The summed E-state index contributed by atoms with van der Waals surface area (Å²) in [5.41, 5.74) is 1.44. The van der Waals surface area contributed by atoms with E-state index in [1.165, 1.54) is 18.3 Å². The van der Waals surface area contributed by atoms with Crippen LogP contribution in [0.25, 0.3) is 12.2 Å². The van der Waals surface area contributed by atoms with E-state index >= 15 is 0 Å². The lowest BCUT2D eigenvalue weighted by Crippen LogP contribution is -2.06. The van der Waals surface area contributed by atoms with Crippen LogP contribution in [0.1, 0.15) is 11.1 Å². The second-order valence-electron chi connectivity index (χ2n) is 5.07. The first-order valence-electron chi connectivity index (χ1n) is 7.29. The van der Waals surface area contributed by atoms with E-state index in [9.17, 15) is 13.0 Å². The summed E-state index contributed by atoms with van der Waals surface area (Å²) in [6.45, 7) is 0.